The number of carbonyl (C=O) groups excluding carboxylic acids is 1. The second-order valence-corrected chi connectivity index (χ2v) is 7.54. The number of rotatable bonds is 3. The summed E-state index contributed by atoms with van der Waals surface area (Å²) >= 11 is 0. The topological polar surface area (TPSA) is 51.0 Å². The molecule has 4 aromatic rings. The van der Waals surface area contributed by atoms with E-state index in [1.807, 2.05) is 37.0 Å². The molecule has 0 saturated carbocycles. The lowest BCUT2D eigenvalue weighted by Crippen LogP contribution is -2.23. The second-order valence-electron chi connectivity index (χ2n) is 7.54. The number of benzene rings is 2. The zero-order valence-electron chi connectivity index (χ0n) is 18.6. The zero-order chi connectivity index (χ0) is 21.9. The smallest absolute Gasteiger partial charge is 0.256 e. The molecule has 0 saturated heterocycles. The van der Waals surface area contributed by atoms with Gasteiger partial charge < -0.3 is 4.90 Å². The highest BCUT2D eigenvalue weighted by Gasteiger charge is 2.28. The molecule has 0 bridgehead atoms. The minimum absolute atomic E-state index is 0.185. The summed E-state index contributed by atoms with van der Waals surface area (Å²) in [7, 11) is 1.92. The minimum Gasteiger partial charge on any atom is -0.328 e. The van der Waals surface area contributed by atoms with Gasteiger partial charge in [-0.2, -0.15) is 5.10 Å². The first-order chi connectivity index (χ1) is 14.8. The normalized spacial score (nSPS) is 16.1. The number of aromatic nitrogens is 3. The Morgan fingerprint density at radius 1 is 1.10 bits per heavy atom. The molecule has 5 rings (SSSR count). The highest BCUT2D eigenvalue weighted by atomic mass is 16.2. The fraction of sp³-hybridized carbons (Fsp3) is 0.208. The van der Waals surface area contributed by atoms with Crippen LogP contribution in [0.3, 0.4) is 0 Å². The quantitative estimate of drug-likeness (QED) is 0.526. The number of fused-ring (bicyclic) bond motifs is 2. The third-order valence-electron chi connectivity index (χ3n) is 5.50. The van der Waals surface area contributed by atoms with Gasteiger partial charge in [-0.05, 0) is 53.8 Å². The molecular formula is C24H22N4O. The van der Waals surface area contributed by atoms with Crippen LogP contribution in [0.2, 0.25) is 0 Å². The zero-order valence-corrected chi connectivity index (χ0v) is 16.6. The summed E-state index contributed by atoms with van der Waals surface area (Å²) < 4.78 is 18.8. The molecule has 1 amide bonds. The molecule has 29 heavy (non-hydrogen) atoms. The van der Waals surface area contributed by atoms with Crippen molar-refractivity contribution in [3.8, 4) is 11.1 Å². The molecule has 1 aliphatic rings. The van der Waals surface area contributed by atoms with E-state index in [1.54, 1.807) is 12.1 Å². The van der Waals surface area contributed by atoms with Gasteiger partial charge in [0.15, 0.2) is 0 Å². The summed E-state index contributed by atoms with van der Waals surface area (Å²) in [5.74, 6) is -0.327. The molecule has 0 spiro atoms. The fourth-order valence-corrected chi connectivity index (χ4v) is 3.92. The van der Waals surface area contributed by atoms with Gasteiger partial charge in [0.05, 0.1) is 26.0 Å². The molecule has 0 fully saturated rings. The van der Waals surface area contributed by atoms with Crippen molar-refractivity contribution in [1.29, 1.82) is 0 Å². The van der Waals surface area contributed by atoms with E-state index in [1.165, 1.54) is 11.1 Å². The Kier molecular flexibility index (Phi) is 3.49. The molecule has 1 aliphatic heterocycles. The van der Waals surface area contributed by atoms with Crippen molar-refractivity contribution in [2.45, 2.75) is 26.9 Å². The van der Waals surface area contributed by atoms with Crippen LogP contribution in [-0.4, -0.2) is 25.6 Å². The van der Waals surface area contributed by atoms with Crippen LogP contribution in [0.1, 0.15) is 35.5 Å². The molecule has 3 heterocycles. The second kappa shape index (κ2) is 6.55. The van der Waals surface area contributed by atoms with Crippen molar-refractivity contribution < 1.29 is 7.54 Å². The van der Waals surface area contributed by atoms with E-state index in [0.717, 1.165) is 38.7 Å². The fourth-order valence-electron chi connectivity index (χ4n) is 3.92. The van der Waals surface area contributed by atoms with Crippen LogP contribution in [0.15, 0.2) is 54.9 Å². The van der Waals surface area contributed by atoms with E-state index in [0.29, 0.717) is 5.56 Å². The van der Waals surface area contributed by atoms with Gasteiger partial charge in [-0.15, -0.1) is 0 Å². The van der Waals surface area contributed by atoms with Crippen LogP contribution < -0.4 is 0 Å². The summed E-state index contributed by atoms with van der Waals surface area (Å²) in [6.07, 6.45) is 3.55. The molecule has 144 valence electrons. The van der Waals surface area contributed by atoms with E-state index < -0.39 is 6.50 Å². The summed E-state index contributed by atoms with van der Waals surface area (Å²) in [6.45, 7) is 2.30. The number of aryl methyl sites for hydroxylation is 3. The van der Waals surface area contributed by atoms with Gasteiger partial charge in [0.2, 0.25) is 0 Å². The standard InChI is InChI=1S/C24H22N4O/c1-15-6-9-19(21-13-27(3)26-23(15)21)17-7-8-18(16(2)11-17)12-28-14-22-20(24(28)29)5-4-10-25-22/h4-11,13H,12,14H2,1-3H3/i14D2. The first-order valence-electron chi connectivity index (χ1n) is 10.6. The van der Waals surface area contributed by atoms with E-state index in [-0.39, 0.29) is 18.1 Å². The highest BCUT2D eigenvalue weighted by molar-refractivity contribution is 5.98. The molecule has 0 atom stereocenters. The monoisotopic (exact) mass is 384 g/mol. The Morgan fingerprint density at radius 2 is 1.97 bits per heavy atom. The predicted molar refractivity (Wildman–Crippen MR) is 113 cm³/mol. The van der Waals surface area contributed by atoms with Crippen molar-refractivity contribution in [3.63, 3.8) is 0 Å². The summed E-state index contributed by atoms with van der Waals surface area (Å²) in [5, 5.41) is 5.68. The van der Waals surface area contributed by atoms with E-state index >= 15 is 0 Å². The molecule has 2 aromatic carbocycles. The Morgan fingerprint density at radius 3 is 2.76 bits per heavy atom. The Hall–Kier alpha value is -3.47. The molecule has 5 nitrogen and oxygen atoms in total. The van der Waals surface area contributed by atoms with Crippen molar-refractivity contribution in [3.05, 3.63) is 82.8 Å². The van der Waals surface area contributed by atoms with Crippen LogP contribution in [0.25, 0.3) is 22.0 Å². The van der Waals surface area contributed by atoms with Crippen molar-refractivity contribution in [1.82, 2.24) is 19.7 Å². The highest BCUT2D eigenvalue weighted by Crippen LogP contribution is 2.32. The lowest BCUT2D eigenvalue weighted by atomic mass is 9.96. The van der Waals surface area contributed by atoms with Gasteiger partial charge in [0, 0.05) is 31.4 Å². The molecule has 0 radical (unpaired) electrons. The van der Waals surface area contributed by atoms with Crippen LogP contribution in [0.4, 0.5) is 0 Å². The van der Waals surface area contributed by atoms with Crippen LogP contribution in [0, 0.1) is 13.8 Å². The summed E-state index contributed by atoms with van der Waals surface area (Å²) in [5.41, 5.74) is 6.73. The molecule has 0 unspecified atom stereocenters. The predicted octanol–water partition coefficient (Wildman–Crippen LogP) is 4.41. The molecule has 0 aliphatic carbocycles. The number of amides is 1. The summed E-state index contributed by atoms with van der Waals surface area (Å²) in [4.78, 5) is 18.2. The molecule has 5 heteroatoms. The van der Waals surface area contributed by atoms with Gasteiger partial charge in [-0.1, -0.05) is 30.3 Å². The molecular weight excluding hydrogens is 360 g/mol. The maximum absolute atomic E-state index is 12.8. The largest absolute Gasteiger partial charge is 0.328 e. The minimum atomic E-state index is -1.93. The van der Waals surface area contributed by atoms with Crippen LogP contribution >= 0.6 is 0 Å². The van der Waals surface area contributed by atoms with Crippen LogP contribution in [-0.2, 0) is 20.1 Å². The Balaban J connectivity index is 1.51. The average Bonchev–Trinajstić information content (AvgIpc) is 3.22. The molecule has 2 aromatic heterocycles. The van der Waals surface area contributed by atoms with E-state index in [9.17, 15) is 4.79 Å². The van der Waals surface area contributed by atoms with Gasteiger partial charge in [0.25, 0.3) is 5.91 Å². The molecule has 0 N–H and O–H groups in total. The van der Waals surface area contributed by atoms with Gasteiger partial charge >= 0.3 is 0 Å². The number of nitrogens with zero attached hydrogens (tertiary/aromatic N) is 4. The number of hydrogen-bond donors (Lipinski definition) is 0. The van der Waals surface area contributed by atoms with E-state index in [2.05, 4.69) is 35.2 Å². The van der Waals surface area contributed by atoms with Crippen LogP contribution in [0.5, 0.6) is 0 Å². The lowest BCUT2D eigenvalue weighted by molar-refractivity contribution is 0.0766. The Bertz CT molecular complexity index is 1360. The lowest BCUT2D eigenvalue weighted by Gasteiger charge is -2.18. The summed E-state index contributed by atoms with van der Waals surface area (Å²) in [6, 6.07) is 13.6. The van der Waals surface area contributed by atoms with Gasteiger partial charge in [-0.25, -0.2) is 0 Å². The van der Waals surface area contributed by atoms with Crippen molar-refractivity contribution in [2.24, 2.45) is 7.05 Å². The number of pyridine rings is 1. The SMILES string of the molecule is [2H]C1([2H])c2ncccc2C(=O)N1Cc1ccc(-c2ccc(C)c3nn(C)cc23)cc1C. The third-order valence-corrected chi connectivity index (χ3v) is 5.50. The first kappa shape index (κ1) is 15.5. The maximum Gasteiger partial charge on any atom is 0.256 e. The van der Waals surface area contributed by atoms with Crippen molar-refractivity contribution in [2.75, 3.05) is 0 Å². The average molecular weight is 384 g/mol. The van der Waals surface area contributed by atoms with Crippen molar-refractivity contribution >= 4 is 16.8 Å². The Labute approximate surface area is 172 Å². The van der Waals surface area contributed by atoms with E-state index in [4.69, 9.17) is 2.74 Å². The van der Waals surface area contributed by atoms with Gasteiger partial charge in [0.1, 0.15) is 0 Å². The maximum atomic E-state index is 12.8. The number of hydrogen-bond acceptors (Lipinski definition) is 3. The third kappa shape index (κ3) is 2.90. The first-order valence-corrected chi connectivity index (χ1v) is 9.57. The van der Waals surface area contributed by atoms with Gasteiger partial charge in [-0.3, -0.25) is 14.5 Å². The number of carbonyl (C=O) groups is 1.